The Morgan fingerprint density at radius 3 is 2.46 bits per heavy atom. The largest absolute Gasteiger partial charge is 0.497 e. The maximum absolute atomic E-state index is 12.7. The molecular weight excluding hydrogens is 380 g/mol. The molecule has 0 radical (unpaired) electrons. The zero-order valence-corrected chi connectivity index (χ0v) is 17.1. The maximum Gasteiger partial charge on any atom is 0.251 e. The van der Waals surface area contributed by atoms with Gasteiger partial charge in [-0.25, -0.2) is 8.42 Å². The van der Waals surface area contributed by atoms with Gasteiger partial charge in [0.05, 0.1) is 19.4 Å². The number of nitrogens with one attached hydrogen (secondary N) is 2. The Hall–Kier alpha value is -2.74. The Balaban J connectivity index is 1.80. The van der Waals surface area contributed by atoms with Crippen molar-refractivity contribution in [2.75, 3.05) is 18.1 Å². The highest BCUT2D eigenvalue weighted by molar-refractivity contribution is 7.92. The van der Waals surface area contributed by atoms with E-state index >= 15 is 0 Å². The van der Waals surface area contributed by atoms with Gasteiger partial charge in [0, 0.05) is 29.3 Å². The number of fused-ring (bicyclic) bond motifs is 1. The van der Waals surface area contributed by atoms with Crippen molar-refractivity contribution in [1.29, 1.82) is 0 Å². The molecule has 0 saturated carbocycles. The predicted molar refractivity (Wildman–Crippen MR) is 107 cm³/mol. The molecule has 0 aromatic heterocycles. The van der Waals surface area contributed by atoms with Crippen molar-refractivity contribution >= 4 is 21.6 Å². The highest BCUT2D eigenvalue weighted by atomic mass is 32.2. The SMILES string of the molecule is COc1ccc2c(c1)OC(C)(C)C[C@@H]2NC(=O)c1ccc(NS(C)(=O)=O)cc1. The molecule has 1 amide bonds. The second-order valence-electron chi connectivity index (χ2n) is 7.45. The van der Waals surface area contributed by atoms with Crippen LogP contribution in [0.5, 0.6) is 11.5 Å². The van der Waals surface area contributed by atoms with Crippen molar-refractivity contribution in [1.82, 2.24) is 5.32 Å². The molecule has 0 aliphatic carbocycles. The summed E-state index contributed by atoms with van der Waals surface area (Å²) in [6, 6.07) is 11.6. The zero-order valence-electron chi connectivity index (χ0n) is 16.3. The van der Waals surface area contributed by atoms with Crippen molar-refractivity contribution in [3.63, 3.8) is 0 Å². The van der Waals surface area contributed by atoms with Crippen LogP contribution in [-0.4, -0.2) is 33.3 Å². The van der Waals surface area contributed by atoms with Gasteiger partial charge in [-0.3, -0.25) is 9.52 Å². The fraction of sp³-hybridized carbons (Fsp3) is 0.350. The van der Waals surface area contributed by atoms with E-state index in [-0.39, 0.29) is 11.9 Å². The summed E-state index contributed by atoms with van der Waals surface area (Å²) in [5, 5.41) is 3.05. The van der Waals surface area contributed by atoms with Crippen LogP contribution in [-0.2, 0) is 10.0 Å². The number of carbonyl (C=O) groups excluding carboxylic acids is 1. The number of benzene rings is 2. The van der Waals surface area contributed by atoms with Crippen LogP contribution in [0, 0.1) is 0 Å². The minimum Gasteiger partial charge on any atom is -0.497 e. The molecule has 0 spiro atoms. The van der Waals surface area contributed by atoms with Gasteiger partial charge in [0.2, 0.25) is 10.0 Å². The summed E-state index contributed by atoms with van der Waals surface area (Å²) in [6.45, 7) is 3.94. The normalized spacial score (nSPS) is 17.8. The highest BCUT2D eigenvalue weighted by Gasteiger charge is 2.35. The van der Waals surface area contributed by atoms with Gasteiger partial charge in [-0.2, -0.15) is 0 Å². The van der Waals surface area contributed by atoms with Crippen LogP contribution < -0.4 is 19.5 Å². The van der Waals surface area contributed by atoms with Crippen LogP contribution in [0.4, 0.5) is 5.69 Å². The smallest absolute Gasteiger partial charge is 0.251 e. The van der Waals surface area contributed by atoms with Crippen LogP contribution in [0.2, 0.25) is 0 Å². The molecule has 150 valence electrons. The average Bonchev–Trinajstić information content (AvgIpc) is 2.59. The second kappa shape index (κ2) is 7.35. The van der Waals surface area contributed by atoms with Crippen LogP contribution in [0.25, 0.3) is 0 Å². The maximum atomic E-state index is 12.7. The molecule has 1 heterocycles. The van der Waals surface area contributed by atoms with Crippen LogP contribution in [0.1, 0.15) is 42.2 Å². The predicted octanol–water partition coefficient (Wildman–Crippen LogP) is 3.10. The number of carbonyl (C=O) groups is 1. The van der Waals surface area contributed by atoms with Crippen molar-refractivity contribution in [2.24, 2.45) is 0 Å². The van der Waals surface area contributed by atoms with Crippen molar-refractivity contribution in [3.05, 3.63) is 53.6 Å². The highest BCUT2D eigenvalue weighted by Crippen LogP contribution is 2.41. The molecule has 0 saturated heterocycles. The Morgan fingerprint density at radius 1 is 1.18 bits per heavy atom. The molecule has 2 N–H and O–H groups in total. The number of amides is 1. The average molecular weight is 404 g/mol. The number of methoxy groups -OCH3 is 1. The van der Waals surface area contributed by atoms with E-state index in [0.717, 1.165) is 11.8 Å². The minimum absolute atomic E-state index is 0.217. The third kappa shape index (κ3) is 4.75. The third-order valence-electron chi connectivity index (χ3n) is 4.43. The Kier molecular flexibility index (Phi) is 5.25. The van der Waals surface area contributed by atoms with E-state index in [4.69, 9.17) is 9.47 Å². The number of anilines is 1. The lowest BCUT2D eigenvalue weighted by molar-refractivity contribution is 0.0617. The lowest BCUT2D eigenvalue weighted by atomic mass is 9.89. The molecule has 0 fully saturated rings. The molecule has 3 rings (SSSR count). The topological polar surface area (TPSA) is 93.7 Å². The lowest BCUT2D eigenvalue weighted by Gasteiger charge is -2.38. The van der Waals surface area contributed by atoms with Gasteiger partial charge in [0.1, 0.15) is 17.1 Å². The molecule has 1 aliphatic rings. The van der Waals surface area contributed by atoms with Gasteiger partial charge >= 0.3 is 0 Å². The molecule has 1 atom stereocenters. The Morgan fingerprint density at radius 2 is 1.86 bits per heavy atom. The first-order valence-electron chi connectivity index (χ1n) is 8.82. The number of sulfonamides is 1. The van der Waals surface area contributed by atoms with Gasteiger partial charge in [-0.1, -0.05) is 0 Å². The van der Waals surface area contributed by atoms with Gasteiger partial charge < -0.3 is 14.8 Å². The van der Waals surface area contributed by atoms with Crippen LogP contribution in [0.15, 0.2) is 42.5 Å². The van der Waals surface area contributed by atoms with Gasteiger partial charge in [0.25, 0.3) is 5.91 Å². The standard InChI is InChI=1S/C20H24N2O5S/c1-20(2)12-17(16-10-9-15(26-3)11-18(16)27-20)21-19(23)13-5-7-14(8-6-13)22-28(4,24)25/h5-11,17,22H,12H2,1-4H3,(H,21,23)/t17-/m0/s1. The van der Waals surface area contributed by atoms with Crippen molar-refractivity contribution in [2.45, 2.75) is 31.9 Å². The van der Waals surface area contributed by atoms with Gasteiger partial charge in [-0.05, 0) is 50.2 Å². The zero-order chi connectivity index (χ0) is 20.5. The first kappa shape index (κ1) is 20.0. The molecular formula is C20H24N2O5S. The molecule has 8 heteroatoms. The summed E-state index contributed by atoms with van der Waals surface area (Å²) >= 11 is 0. The first-order valence-corrected chi connectivity index (χ1v) is 10.7. The minimum atomic E-state index is -3.36. The summed E-state index contributed by atoms with van der Waals surface area (Å²) in [6.07, 6.45) is 1.69. The van der Waals surface area contributed by atoms with Crippen LogP contribution >= 0.6 is 0 Å². The monoisotopic (exact) mass is 404 g/mol. The second-order valence-corrected chi connectivity index (χ2v) is 9.20. The van der Waals surface area contributed by atoms with Crippen molar-refractivity contribution in [3.8, 4) is 11.5 Å². The first-order chi connectivity index (χ1) is 13.1. The summed E-state index contributed by atoms with van der Waals surface area (Å²) in [4.78, 5) is 12.7. The van der Waals surface area contributed by atoms with Crippen LogP contribution in [0.3, 0.4) is 0 Å². The summed E-state index contributed by atoms with van der Waals surface area (Å²) < 4.78 is 36.3. The number of hydrogen-bond donors (Lipinski definition) is 2. The third-order valence-corrected chi connectivity index (χ3v) is 5.04. The fourth-order valence-corrected chi connectivity index (χ4v) is 3.80. The lowest BCUT2D eigenvalue weighted by Crippen LogP contribution is -2.41. The van der Waals surface area contributed by atoms with E-state index < -0.39 is 15.6 Å². The number of rotatable bonds is 5. The molecule has 1 aliphatic heterocycles. The Labute approximate surface area is 165 Å². The van der Waals surface area contributed by atoms with E-state index in [0.29, 0.717) is 29.2 Å². The molecule has 2 aromatic rings. The van der Waals surface area contributed by atoms with E-state index in [2.05, 4.69) is 10.0 Å². The Bertz CT molecular complexity index is 984. The van der Waals surface area contributed by atoms with E-state index in [1.165, 1.54) is 0 Å². The van der Waals surface area contributed by atoms with E-state index in [1.807, 2.05) is 32.0 Å². The summed E-state index contributed by atoms with van der Waals surface area (Å²) in [5.41, 5.74) is 1.30. The van der Waals surface area contributed by atoms with Gasteiger partial charge in [-0.15, -0.1) is 0 Å². The molecule has 0 bridgehead atoms. The molecule has 28 heavy (non-hydrogen) atoms. The fourth-order valence-electron chi connectivity index (χ4n) is 3.23. The summed E-state index contributed by atoms with van der Waals surface area (Å²) in [7, 11) is -1.77. The molecule has 0 unspecified atom stereocenters. The van der Waals surface area contributed by atoms with E-state index in [9.17, 15) is 13.2 Å². The van der Waals surface area contributed by atoms with E-state index in [1.54, 1.807) is 31.4 Å². The van der Waals surface area contributed by atoms with Gasteiger partial charge in [0.15, 0.2) is 0 Å². The number of hydrogen-bond acceptors (Lipinski definition) is 5. The van der Waals surface area contributed by atoms with Crippen molar-refractivity contribution < 1.29 is 22.7 Å². The molecule has 7 nitrogen and oxygen atoms in total. The molecule has 2 aromatic carbocycles. The number of ether oxygens (including phenoxy) is 2. The summed E-state index contributed by atoms with van der Waals surface area (Å²) in [5.74, 6) is 1.14. The quantitative estimate of drug-likeness (QED) is 0.799.